The summed E-state index contributed by atoms with van der Waals surface area (Å²) in [6, 6.07) is -4.38. The Labute approximate surface area is 167 Å². The van der Waals surface area contributed by atoms with Crippen LogP contribution in [0.1, 0.15) is 20.3 Å². The molecule has 7 N–H and O–H groups in total. The maximum absolute atomic E-state index is 12.2. The number of carbonyl (C=O) groups is 4. The summed E-state index contributed by atoms with van der Waals surface area (Å²) in [5.74, 6) is -2.70. The fourth-order valence-electron chi connectivity index (χ4n) is 1.90. The van der Waals surface area contributed by atoms with Crippen molar-refractivity contribution in [3.05, 3.63) is 0 Å². The van der Waals surface area contributed by atoms with Gasteiger partial charge in [0.05, 0.1) is 12.1 Å². The van der Waals surface area contributed by atoms with Crippen LogP contribution in [0.4, 0.5) is 0 Å². The lowest BCUT2D eigenvalue weighted by Crippen LogP contribution is -2.58. The molecule has 10 nitrogen and oxygen atoms in total. The van der Waals surface area contributed by atoms with Crippen LogP contribution in [-0.4, -0.2) is 81.9 Å². The molecule has 0 rings (SSSR count). The number of aliphatic carboxylic acids is 1. The second kappa shape index (κ2) is 12.8. The molecule has 5 atom stereocenters. The second-order valence-corrected chi connectivity index (χ2v) is 7.28. The molecule has 0 aromatic heterocycles. The molecule has 27 heavy (non-hydrogen) atoms. The van der Waals surface area contributed by atoms with Crippen molar-refractivity contribution in [3.8, 4) is 0 Å². The van der Waals surface area contributed by atoms with Gasteiger partial charge in [-0.05, 0) is 32.3 Å². The summed E-state index contributed by atoms with van der Waals surface area (Å²) in [5.41, 5.74) is 5.74. The molecule has 0 saturated heterocycles. The molecular formula is C15H28N4O6S2. The first-order chi connectivity index (χ1) is 12.5. The number of aliphatic hydroxyl groups is 1. The van der Waals surface area contributed by atoms with E-state index in [1.807, 2.05) is 6.26 Å². The van der Waals surface area contributed by atoms with Gasteiger partial charge in [0.2, 0.25) is 17.7 Å². The quantitative estimate of drug-likeness (QED) is 0.175. The number of thioether (sulfide) groups is 1. The largest absolute Gasteiger partial charge is 0.480 e. The average Bonchev–Trinajstić information content (AvgIpc) is 2.60. The van der Waals surface area contributed by atoms with E-state index >= 15 is 0 Å². The molecule has 0 aromatic carbocycles. The zero-order valence-electron chi connectivity index (χ0n) is 15.5. The predicted molar refractivity (Wildman–Crippen MR) is 106 cm³/mol. The van der Waals surface area contributed by atoms with Crippen molar-refractivity contribution in [1.82, 2.24) is 16.0 Å². The normalized spacial score (nSPS) is 16.4. The number of aliphatic hydroxyl groups excluding tert-OH is 1. The van der Waals surface area contributed by atoms with Gasteiger partial charge >= 0.3 is 5.97 Å². The van der Waals surface area contributed by atoms with E-state index in [4.69, 9.17) is 10.8 Å². The van der Waals surface area contributed by atoms with Crippen molar-refractivity contribution < 1.29 is 29.4 Å². The van der Waals surface area contributed by atoms with E-state index in [0.717, 1.165) is 0 Å². The molecule has 5 unspecified atom stereocenters. The van der Waals surface area contributed by atoms with Gasteiger partial charge in [-0.15, -0.1) is 0 Å². The fraction of sp³-hybridized carbons (Fsp3) is 0.733. The van der Waals surface area contributed by atoms with Crippen molar-refractivity contribution >= 4 is 48.1 Å². The lowest BCUT2D eigenvalue weighted by Gasteiger charge is -2.23. The number of thiol groups is 1. The predicted octanol–water partition coefficient (Wildman–Crippen LogP) is -2.06. The van der Waals surface area contributed by atoms with E-state index in [0.29, 0.717) is 12.2 Å². The molecule has 0 aliphatic carbocycles. The van der Waals surface area contributed by atoms with Crippen LogP contribution in [0.25, 0.3) is 0 Å². The minimum Gasteiger partial charge on any atom is -0.480 e. The number of rotatable bonds is 12. The number of nitrogens with two attached hydrogens (primary N) is 1. The number of hydrogen-bond donors (Lipinski definition) is 7. The minimum absolute atomic E-state index is 0.0212. The first-order valence-corrected chi connectivity index (χ1v) is 10.2. The van der Waals surface area contributed by atoms with Crippen LogP contribution < -0.4 is 21.7 Å². The van der Waals surface area contributed by atoms with Gasteiger partial charge in [0.1, 0.15) is 12.1 Å². The Morgan fingerprint density at radius 1 is 1.07 bits per heavy atom. The highest BCUT2D eigenvalue weighted by molar-refractivity contribution is 7.98. The summed E-state index contributed by atoms with van der Waals surface area (Å²) in [5, 5.41) is 25.3. The molecular weight excluding hydrogens is 396 g/mol. The van der Waals surface area contributed by atoms with E-state index < -0.39 is 54.0 Å². The lowest BCUT2D eigenvalue weighted by atomic mass is 10.1. The zero-order valence-corrected chi connectivity index (χ0v) is 17.2. The van der Waals surface area contributed by atoms with E-state index in [9.17, 15) is 24.3 Å². The molecule has 3 amide bonds. The van der Waals surface area contributed by atoms with Gasteiger partial charge in [0.25, 0.3) is 0 Å². The molecule has 156 valence electrons. The number of carboxylic acid groups (broad SMARTS) is 1. The summed E-state index contributed by atoms with van der Waals surface area (Å²) in [4.78, 5) is 47.3. The van der Waals surface area contributed by atoms with Crippen LogP contribution in [0.3, 0.4) is 0 Å². The van der Waals surface area contributed by atoms with Crippen LogP contribution in [0.5, 0.6) is 0 Å². The molecule has 0 aliphatic rings. The SMILES string of the molecule is CSCCC(N)C(=O)NC(CS)C(=O)NC(C)C(=O)NC(C(=O)O)C(C)O. The van der Waals surface area contributed by atoms with E-state index in [2.05, 4.69) is 28.6 Å². The van der Waals surface area contributed by atoms with Gasteiger partial charge in [-0.2, -0.15) is 24.4 Å². The highest BCUT2D eigenvalue weighted by Gasteiger charge is 2.29. The Kier molecular flexibility index (Phi) is 12.1. The van der Waals surface area contributed by atoms with Crippen LogP contribution in [0.2, 0.25) is 0 Å². The lowest BCUT2D eigenvalue weighted by molar-refractivity contribution is -0.145. The van der Waals surface area contributed by atoms with Gasteiger partial charge in [0.15, 0.2) is 6.04 Å². The van der Waals surface area contributed by atoms with Gasteiger partial charge in [-0.3, -0.25) is 14.4 Å². The van der Waals surface area contributed by atoms with Crippen molar-refractivity contribution in [3.63, 3.8) is 0 Å². The van der Waals surface area contributed by atoms with Crippen LogP contribution in [0, 0.1) is 0 Å². The maximum Gasteiger partial charge on any atom is 0.328 e. The highest BCUT2D eigenvalue weighted by atomic mass is 32.2. The maximum atomic E-state index is 12.2. The zero-order chi connectivity index (χ0) is 21.1. The Bertz CT molecular complexity index is 534. The molecule has 0 bridgehead atoms. The molecule has 0 aliphatic heterocycles. The number of nitrogens with one attached hydrogen (secondary N) is 3. The van der Waals surface area contributed by atoms with Crippen molar-refractivity contribution in [1.29, 1.82) is 0 Å². The van der Waals surface area contributed by atoms with Gasteiger partial charge in [-0.1, -0.05) is 0 Å². The third-order valence-electron chi connectivity index (χ3n) is 3.58. The Morgan fingerprint density at radius 2 is 1.67 bits per heavy atom. The summed E-state index contributed by atoms with van der Waals surface area (Å²) in [7, 11) is 0. The molecule has 12 heteroatoms. The third-order valence-corrected chi connectivity index (χ3v) is 4.59. The summed E-state index contributed by atoms with van der Waals surface area (Å²) >= 11 is 5.56. The minimum atomic E-state index is -1.51. The topological polar surface area (TPSA) is 171 Å². The van der Waals surface area contributed by atoms with Gasteiger partial charge in [0, 0.05) is 5.75 Å². The van der Waals surface area contributed by atoms with Gasteiger partial charge < -0.3 is 31.9 Å². The van der Waals surface area contributed by atoms with E-state index in [1.165, 1.54) is 13.8 Å². The smallest absolute Gasteiger partial charge is 0.328 e. The first kappa shape index (κ1) is 25.5. The highest BCUT2D eigenvalue weighted by Crippen LogP contribution is 2.00. The monoisotopic (exact) mass is 424 g/mol. The second-order valence-electron chi connectivity index (χ2n) is 5.93. The summed E-state index contributed by atoms with van der Waals surface area (Å²) < 4.78 is 0. The number of carboxylic acids is 1. The number of hydrogen-bond acceptors (Lipinski definition) is 8. The average molecular weight is 425 g/mol. The fourth-order valence-corrected chi connectivity index (χ4v) is 2.64. The van der Waals surface area contributed by atoms with Crippen LogP contribution in [0.15, 0.2) is 0 Å². The van der Waals surface area contributed by atoms with Crippen LogP contribution in [-0.2, 0) is 19.2 Å². The Morgan fingerprint density at radius 3 is 2.11 bits per heavy atom. The molecule has 0 spiro atoms. The number of amides is 3. The van der Waals surface area contributed by atoms with Crippen LogP contribution >= 0.6 is 24.4 Å². The Hall–Kier alpha value is -1.50. The van der Waals surface area contributed by atoms with E-state index in [-0.39, 0.29) is 5.75 Å². The molecule has 0 saturated carbocycles. The summed E-state index contributed by atoms with van der Waals surface area (Å²) in [6.07, 6.45) is 1.01. The summed E-state index contributed by atoms with van der Waals surface area (Å²) in [6.45, 7) is 2.56. The third kappa shape index (κ3) is 9.31. The number of carbonyl (C=O) groups excluding carboxylic acids is 3. The van der Waals surface area contributed by atoms with E-state index in [1.54, 1.807) is 11.8 Å². The standard InChI is InChI=1S/C15H28N4O6S2/c1-7(12(21)19-11(8(2)20)15(24)25)17-14(23)10(6-26)18-13(22)9(16)4-5-27-3/h7-11,20,26H,4-6,16H2,1-3H3,(H,17,23)(H,18,22)(H,19,21)(H,24,25). The Balaban J connectivity index is 4.74. The first-order valence-electron chi connectivity index (χ1n) is 8.22. The van der Waals surface area contributed by atoms with Gasteiger partial charge in [-0.25, -0.2) is 4.79 Å². The molecule has 0 heterocycles. The molecule has 0 fully saturated rings. The molecule has 0 radical (unpaired) electrons. The van der Waals surface area contributed by atoms with Crippen molar-refractivity contribution in [2.24, 2.45) is 5.73 Å². The van der Waals surface area contributed by atoms with Crippen molar-refractivity contribution in [2.45, 2.75) is 50.5 Å². The van der Waals surface area contributed by atoms with Crippen molar-refractivity contribution in [2.75, 3.05) is 17.8 Å². The molecule has 0 aromatic rings.